The topological polar surface area (TPSA) is 92.0 Å². The molecule has 0 aromatic carbocycles. The Kier molecular flexibility index (Phi) is 4.05. The van der Waals surface area contributed by atoms with Gasteiger partial charge in [-0.05, 0) is 0 Å². The predicted molar refractivity (Wildman–Crippen MR) is 61.4 cm³/mol. The van der Waals surface area contributed by atoms with Gasteiger partial charge < -0.3 is 15.0 Å². The maximum atomic E-state index is 11.8. The van der Waals surface area contributed by atoms with Crippen molar-refractivity contribution in [1.82, 2.24) is 19.9 Å². The summed E-state index contributed by atoms with van der Waals surface area (Å²) in [5, 5.41) is 7.67. The third kappa shape index (κ3) is 3.25. The number of nitrogens with two attached hydrogens (primary N) is 1. The van der Waals surface area contributed by atoms with E-state index in [0.717, 1.165) is 0 Å². The van der Waals surface area contributed by atoms with Crippen molar-refractivity contribution in [2.45, 2.75) is 12.8 Å². The van der Waals surface area contributed by atoms with Crippen LogP contribution in [0.4, 0.5) is 14.6 Å². The Morgan fingerprint density at radius 2 is 2.32 bits per heavy atom. The fourth-order valence-corrected chi connectivity index (χ4v) is 1.41. The standard InChI is InChI=1S/C10H13F2N5O2/c1-17-9(13)6(4-14-17)10-15-8(16-19-10)2-3-18-5-7(11)12/h4,7H,2-3,5,13H2,1H3. The van der Waals surface area contributed by atoms with Gasteiger partial charge in [-0.2, -0.15) is 10.1 Å². The molecular weight excluding hydrogens is 260 g/mol. The zero-order valence-corrected chi connectivity index (χ0v) is 10.2. The molecule has 0 fully saturated rings. The summed E-state index contributed by atoms with van der Waals surface area (Å²) in [6.07, 6.45) is -0.674. The van der Waals surface area contributed by atoms with Gasteiger partial charge in [-0.15, -0.1) is 0 Å². The Bertz CT molecular complexity index is 540. The van der Waals surface area contributed by atoms with Gasteiger partial charge >= 0.3 is 0 Å². The molecule has 0 aliphatic carbocycles. The molecule has 9 heteroatoms. The predicted octanol–water partition coefficient (Wildman–Crippen LogP) is 0.876. The zero-order chi connectivity index (χ0) is 13.8. The Balaban J connectivity index is 1.94. The van der Waals surface area contributed by atoms with Crippen LogP contribution in [0.15, 0.2) is 10.7 Å². The zero-order valence-electron chi connectivity index (χ0n) is 10.2. The van der Waals surface area contributed by atoms with Gasteiger partial charge in [-0.25, -0.2) is 8.78 Å². The molecule has 2 rings (SSSR count). The molecule has 2 heterocycles. The third-order valence-electron chi connectivity index (χ3n) is 2.40. The minimum absolute atomic E-state index is 0.103. The summed E-state index contributed by atoms with van der Waals surface area (Å²) in [5.74, 6) is 1.02. The number of hydrogen-bond donors (Lipinski definition) is 1. The number of halogens is 2. The molecule has 2 aromatic rings. The molecule has 104 valence electrons. The highest BCUT2D eigenvalue weighted by molar-refractivity contribution is 5.66. The van der Waals surface area contributed by atoms with Crippen molar-refractivity contribution < 1.29 is 18.0 Å². The summed E-state index contributed by atoms with van der Waals surface area (Å²) >= 11 is 0. The molecule has 0 aliphatic heterocycles. The molecule has 2 aromatic heterocycles. The molecular formula is C10H13F2N5O2. The molecule has 7 nitrogen and oxygen atoms in total. The van der Waals surface area contributed by atoms with Crippen LogP contribution in [-0.4, -0.2) is 39.6 Å². The molecule has 0 spiro atoms. The van der Waals surface area contributed by atoms with Crippen molar-refractivity contribution >= 4 is 5.82 Å². The average molecular weight is 273 g/mol. The van der Waals surface area contributed by atoms with Crippen LogP contribution >= 0.6 is 0 Å². The summed E-state index contributed by atoms with van der Waals surface area (Å²) in [5.41, 5.74) is 6.30. The second-order valence-electron chi connectivity index (χ2n) is 3.80. The second kappa shape index (κ2) is 5.74. The van der Waals surface area contributed by atoms with E-state index in [2.05, 4.69) is 15.2 Å². The number of aryl methyl sites for hydroxylation is 1. The lowest BCUT2D eigenvalue weighted by atomic mass is 10.3. The Hall–Kier alpha value is -2.03. The fourth-order valence-electron chi connectivity index (χ4n) is 1.41. The van der Waals surface area contributed by atoms with Crippen molar-refractivity contribution in [3.63, 3.8) is 0 Å². The normalized spacial score (nSPS) is 11.4. The van der Waals surface area contributed by atoms with Crippen molar-refractivity contribution in [1.29, 1.82) is 0 Å². The van der Waals surface area contributed by atoms with Crippen LogP contribution in [-0.2, 0) is 18.2 Å². The van der Waals surface area contributed by atoms with E-state index >= 15 is 0 Å². The maximum Gasteiger partial charge on any atom is 0.263 e. The molecule has 0 saturated carbocycles. The quantitative estimate of drug-likeness (QED) is 0.785. The third-order valence-corrected chi connectivity index (χ3v) is 2.40. The van der Waals surface area contributed by atoms with E-state index < -0.39 is 13.0 Å². The highest BCUT2D eigenvalue weighted by atomic mass is 19.3. The lowest BCUT2D eigenvalue weighted by Gasteiger charge is -1.99. The number of alkyl halides is 2. The summed E-state index contributed by atoms with van der Waals surface area (Å²) in [6, 6.07) is 0. The smallest absolute Gasteiger partial charge is 0.263 e. The number of nitrogens with zero attached hydrogens (tertiary/aromatic N) is 4. The molecule has 0 bridgehead atoms. The van der Waals surface area contributed by atoms with Crippen LogP contribution in [0.25, 0.3) is 11.5 Å². The summed E-state index contributed by atoms with van der Waals surface area (Å²) in [7, 11) is 1.69. The van der Waals surface area contributed by atoms with Crippen LogP contribution in [0.5, 0.6) is 0 Å². The molecule has 0 radical (unpaired) electrons. The van der Waals surface area contributed by atoms with Crippen molar-refractivity contribution in [2.75, 3.05) is 18.9 Å². The van der Waals surface area contributed by atoms with Crippen LogP contribution in [0.2, 0.25) is 0 Å². The van der Waals surface area contributed by atoms with Gasteiger partial charge in [0.1, 0.15) is 18.0 Å². The van der Waals surface area contributed by atoms with Gasteiger partial charge in [0.25, 0.3) is 12.3 Å². The van der Waals surface area contributed by atoms with Crippen LogP contribution in [0.3, 0.4) is 0 Å². The largest absolute Gasteiger partial charge is 0.383 e. The van der Waals surface area contributed by atoms with Crippen LogP contribution < -0.4 is 5.73 Å². The number of nitrogen functional groups attached to an aromatic ring is 1. The van der Waals surface area contributed by atoms with Crippen molar-refractivity contribution in [3.8, 4) is 11.5 Å². The lowest BCUT2D eigenvalue weighted by molar-refractivity contribution is 0.0182. The van der Waals surface area contributed by atoms with Crippen molar-refractivity contribution in [3.05, 3.63) is 12.0 Å². The molecule has 0 unspecified atom stereocenters. The van der Waals surface area contributed by atoms with Gasteiger partial charge in [-0.3, -0.25) is 4.68 Å². The van der Waals surface area contributed by atoms with Gasteiger partial charge in [0.15, 0.2) is 5.82 Å². The van der Waals surface area contributed by atoms with Crippen LogP contribution in [0, 0.1) is 0 Å². The van der Waals surface area contributed by atoms with E-state index in [1.165, 1.54) is 10.9 Å². The first-order valence-electron chi connectivity index (χ1n) is 5.54. The van der Waals surface area contributed by atoms with Crippen molar-refractivity contribution in [2.24, 2.45) is 7.05 Å². The van der Waals surface area contributed by atoms with E-state index in [1.54, 1.807) is 7.05 Å². The van der Waals surface area contributed by atoms with Crippen LogP contribution in [0.1, 0.15) is 5.82 Å². The monoisotopic (exact) mass is 273 g/mol. The number of anilines is 1. The van der Waals surface area contributed by atoms with E-state index in [9.17, 15) is 8.78 Å². The summed E-state index contributed by atoms with van der Waals surface area (Å²) in [6.45, 7) is -0.494. The fraction of sp³-hybridized carbons (Fsp3) is 0.500. The first-order valence-corrected chi connectivity index (χ1v) is 5.54. The lowest BCUT2D eigenvalue weighted by Crippen LogP contribution is -2.07. The Morgan fingerprint density at radius 3 is 2.95 bits per heavy atom. The van der Waals surface area contributed by atoms with Gasteiger partial charge in [-0.1, -0.05) is 5.16 Å². The minimum atomic E-state index is -2.48. The van der Waals surface area contributed by atoms with E-state index in [0.29, 0.717) is 17.2 Å². The number of ether oxygens (including phenoxy) is 1. The molecule has 0 saturated heterocycles. The highest BCUT2D eigenvalue weighted by Crippen LogP contribution is 2.22. The van der Waals surface area contributed by atoms with E-state index in [4.69, 9.17) is 15.0 Å². The molecule has 0 amide bonds. The van der Waals surface area contributed by atoms with E-state index in [1.807, 2.05) is 0 Å². The van der Waals surface area contributed by atoms with Gasteiger partial charge in [0.05, 0.1) is 12.8 Å². The van der Waals surface area contributed by atoms with Gasteiger partial charge in [0.2, 0.25) is 0 Å². The number of aromatic nitrogens is 4. The molecule has 2 N–H and O–H groups in total. The Morgan fingerprint density at radius 1 is 1.53 bits per heavy atom. The molecule has 19 heavy (non-hydrogen) atoms. The van der Waals surface area contributed by atoms with Gasteiger partial charge in [0, 0.05) is 13.5 Å². The summed E-state index contributed by atoms with van der Waals surface area (Å²) < 4.78 is 34.9. The first kappa shape index (κ1) is 13.4. The highest BCUT2D eigenvalue weighted by Gasteiger charge is 2.15. The number of rotatable bonds is 6. The SMILES string of the molecule is Cn1ncc(-c2nc(CCOCC(F)F)no2)c1N. The maximum absolute atomic E-state index is 11.8. The second-order valence-corrected chi connectivity index (χ2v) is 3.80. The number of hydrogen-bond acceptors (Lipinski definition) is 6. The minimum Gasteiger partial charge on any atom is -0.383 e. The molecule has 0 aliphatic rings. The molecule has 0 atom stereocenters. The summed E-state index contributed by atoms with van der Waals surface area (Å²) in [4.78, 5) is 4.09. The average Bonchev–Trinajstić information content (AvgIpc) is 2.94. The van der Waals surface area contributed by atoms with E-state index in [-0.39, 0.29) is 18.9 Å². The Labute approximate surface area is 107 Å². The first-order chi connectivity index (χ1) is 9.08.